The maximum Gasteiger partial charge on any atom is 0.337 e. The number of ether oxygens (including phenoxy) is 2. The Labute approximate surface area is 128 Å². The van der Waals surface area contributed by atoms with Crippen LogP contribution in [0.15, 0.2) is 46.0 Å². The molecule has 0 aliphatic heterocycles. The van der Waals surface area contributed by atoms with Gasteiger partial charge in [0.1, 0.15) is 11.4 Å². The highest BCUT2D eigenvalue weighted by molar-refractivity contribution is 5.97. The van der Waals surface area contributed by atoms with Crippen molar-refractivity contribution in [2.24, 2.45) is 10.7 Å². The number of nitrogens with two attached hydrogens (primary N) is 1. The van der Waals surface area contributed by atoms with Crippen LogP contribution in [0.4, 0.5) is 5.69 Å². The smallest absolute Gasteiger partial charge is 0.337 e. The molecular weight excluding hydrogens is 296 g/mol. The van der Waals surface area contributed by atoms with E-state index in [2.05, 4.69) is 9.73 Å². The fourth-order valence-electron chi connectivity index (χ4n) is 1.63. The SMILES string of the molecule is COC(=O)c1ccc(OC)c(N=C(N)c2ccco2)c1.Cl. The molecule has 2 aromatic rings. The average Bonchev–Trinajstić information content (AvgIpc) is 3.00. The molecule has 0 amide bonds. The van der Waals surface area contributed by atoms with Gasteiger partial charge in [-0.2, -0.15) is 0 Å². The zero-order chi connectivity index (χ0) is 14.5. The van der Waals surface area contributed by atoms with Crippen LogP contribution in [0.1, 0.15) is 16.1 Å². The molecule has 0 spiro atoms. The van der Waals surface area contributed by atoms with Crippen LogP contribution in [-0.2, 0) is 4.74 Å². The van der Waals surface area contributed by atoms with Crippen molar-refractivity contribution in [3.05, 3.63) is 47.9 Å². The first-order valence-corrected chi connectivity index (χ1v) is 5.80. The second kappa shape index (κ2) is 7.35. The van der Waals surface area contributed by atoms with Gasteiger partial charge in [0.25, 0.3) is 0 Å². The van der Waals surface area contributed by atoms with Crippen molar-refractivity contribution in [2.75, 3.05) is 14.2 Å². The van der Waals surface area contributed by atoms with Crippen LogP contribution in [0, 0.1) is 0 Å². The van der Waals surface area contributed by atoms with Crippen molar-refractivity contribution in [1.82, 2.24) is 0 Å². The number of carbonyl (C=O) groups is 1. The van der Waals surface area contributed by atoms with E-state index in [1.807, 2.05) is 0 Å². The lowest BCUT2D eigenvalue weighted by molar-refractivity contribution is 0.0600. The minimum atomic E-state index is -0.458. The van der Waals surface area contributed by atoms with Crippen LogP contribution in [0.3, 0.4) is 0 Å². The third-order valence-corrected chi connectivity index (χ3v) is 2.61. The molecule has 1 heterocycles. The Balaban J connectivity index is 0.00000220. The molecule has 0 radical (unpaired) electrons. The average molecular weight is 311 g/mol. The Kier molecular flexibility index (Phi) is 5.80. The van der Waals surface area contributed by atoms with Gasteiger partial charge >= 0.3 is 5.97 Å². The molecule has 0 unspecified atom stereocenters. The number of carbonyl (C=O) groups excluding carboxylic acids is 1. The minimum Gasteiger partial charge on any atom is -0.494 e. The molecule has 0 bridgehead atoms. The first-order valence-electron chi connectivity index (χ1n) is 5.80. The van der Waals surface area contributed by atoms with E-state index in [1.54, 1.807) is 30.3 Å². The molecule has 6 nitrogen and oxygen atoms in total. The highest BCUT2D eigenvalue weighted by Gasteiger charge is 2.11. The van der Waals surface area contributed by atoms with Crippen LogP contribution in [0.2, 0.25) is 0 Å². The number of nitrogens with zero attached hydrogens (tertiary/aromatic N) is 1. The molecule has 7 heteroatoms. The summed E-state index contributed by atoms with van der Waals surface area (Å²) in [5.41, 5.74) is 6.62. The highest BCUT2D eigenvalue weighted by Crippen LogP contribution is 2.29. The van der Waals surface area contributed by atoms with Crippen molar-refractivity contribution in [3.63, 3.8) is 0 Å². The second-order valence-electron chi connectivity index (χ2n) is 3.85. The summed E-state index contributed by atoms with van der Waals surface area (Å²) in [6.45, 7) is 0. The lowest BCUT2D eigenvalue weighted by Gasteiger charge is -2.07. The third-order valence-electron chi connectivity index (χ3n) is 2.61. The van der Waals surface area contributed by atoms with Crippen molar-refractivity contribution in [1.29, 1.82) is 0 Å². The van der Waals surface area contributed by atoms with E-state index in [-0.39, 0.29) is 18.2 Å². The Morgan fingerprint density at radius 3 is 2.62 bits per heavy atom. The van der Waals surface area contributed by atoms with Crippen LogP contribution in [-0.4, -0.2) is 26.0 Å². The molecule has 112 valence electrons. The van der Waals surface area contributed by atoms with E-state index in [0.29, 0.717) is 22.8 Å². The predicted molar refractivity (Wildman–Crippen MR) is 80.7 cm³/mol. The number of methoxy groups -OCH3 is 2. The predicted octanol–water partition coefficient (Wildman–Crippen LogP) is 2.53. The van der Waals surface area contributed by atoms with E-state index >= 15 is 0 Å². The van der Waals surface area contributed by atoms with Crippen LogP contribution < -0.4 is 10.5 Å². The number of halogens is 1. The van der Waals surface area contributed by atoms with Gasteiger partial charge in [-0.1, -0.05) is 0 Å². The van der Waals surface area contributed by atoms with E-state index in [1.165, 1.54) is 20.5 Å². The summed E-state index contributed by atoms with van der Waals surface area (Å²) >= 11 is 0. The summed E-state index contributed by atoms with van der Waals surface area (Å²) in [5.74, 6) is 0.665. The zero-order valence-corrected chi connectivity index (χ0v) is 12.3. The summed E-state index contributed by atoms with van der Waals surface area (Å²) in [7, 11) is 2.82. The lowest BCUT2D eigenvalue weighted by atomic mass is 10.2. The maximum absolute atomic E-state index is 11.5. The summed E-state index contributed by atoms with van der Waals surface area (Å²) in [6, 6.07) is 8.16. The Morgan fingerprint density at radius 2 is 2.05 bits per heavy atom. The van der Waals surface area contributed by atoms with Crippen molar-refractivity contribution < 1.29 is 18.7 Å². The van der Waals surface area contributed by atoms with Gasteiger partial charge in [-0.25, -0.2) is 9.79 Å². The standard InChI is InChI=1S/C14H14N2O4.ClH/c1-18-11-6-5-9(14(17)19-2)8-10(11)16-13(15)12-4-3-7-20-12;/h3-8H,1-2H3,(H2,15,16);1H. The number of esters is 1. The number of amidine groups is 1. The van der Waals surface area contributed by atoms with Crippen molar-refractivity contribution >= 4 is 29.9 Å². The zero-order valence-electron chi connectivity index (χ0n) is 11.5. The van der Waals surface area contributed by atoms with Gasteiger partial charge in [0.05, 0.1) is 26.0 Å². The number of aliphatic imine (C=N–C) groups is 1. The number of hydrogen-bond acceptors (Lipinski definition) is 5. The molecule has 21 heavy (non-hydrogen) atoms. The number of benzene rings is 1. The van der Waals surface area contributed by atoms with Crippen molar-refractivity contribution in [2.45, 2.75) is 0 Å². The molecule has 0 aliphatic carbocycles. The Morgan fingerprint density at radius 1 is 1.29 bits per heavy atom. The number of furan rings is 1. The molecule has 1 aromatic heterocycles. The summed E-state index contributed by atoms with van der Waals surface area (Å²) in [6.07, 6.45) is 1.50. The normalized spacial score (nSPS) is 10.7. The molecule has 2 rings (SSSR count). The van der Waals surface area contributed by atoms with E-state index in [4.69, 9.17) is 14.9 Å². The monoisotopic (exact) mass is 310 g/mol. The van der Waals surface area contributed by atoms with Gasteiger partial charge in [0.2, 0.25) is 0 Å². The van der Waals surface area contributed by atoms with E-state index in [0.717, 1.165) is 0 Å². The van der Waals surface area contributed by atoms with E-state index in [9.17, 15) is 4.79 Å². The van der Waals surface area contributed by atoms with Crippen LogP contribution >= 0.6 is 12.4 Å². The first-order chi connectivity index (χ1) is 9.65. The fraction of sp³-hybridized carbons (Fsp3) is 0.143. The Hall–Kier alpha value is -2.47. The van der Waals surface area contributed by atoms with Gasteiger partial charge in [-0.3, -0.25) is 0 Å². The minimum absolute atomic E-state index is 0. The molecule has 1 aromatic carbocycles. The lowest BCUT2D eigenvalue weighted by Crippen LogP contribution is -2.11. The molecule has 2 N–H and O–H groups in total. The molecule has 0 aliphatic rings. The molecule has 0 fully saturated rings. The number of hydrogen-bond donors (Lipinski definition) is 1. The summed E-state index contributed by atoms with van der Waals surface area (Å²) in [5, 5.41) is 0. The Bertz CT molecular complexity index is 638. The first kappa shape index (κ1) is 16.6. The van der Waals surface area contributed by atoms with Crippen LogP contribution in [0.5, 0.6) is 5.75 Å². The van der Waals surface area contributed by atoms with Gasteiger partial charge in [-0.05, 0) is 30.3 Å². The molecular formula is C14H15ClN2O4. The molecule has 0 saturated heterocycles. The van der Waals surface area contributed by atoms with Gasteiger partial charge < -0.3 is 19.6 Å². The van der Waals surface area contributed by atoms with Gasteiger partial charge in [0.15, 0.2) is 11.6 Å². The van der Waals surface area contributed by atoms with Gasteiger partial charge in [-0.15, -0.1) is 12.4 Å². The summed E-state index contributed by atoms with van der Waals surface area (Å²) in [4.78, 5) is 15.7. The fourth-order valence-corrected chi connectivity index (χ4v) is 1.63. The van der Waals surface area contributed by atoms with Crippen molar-refractivity contribution in [3.8, 4) is 5.75 Å². The molecule has 0 saturated carbocycles. The van der Waals surface area contributed by atoms with Crippen LogP contribution in [0.25, 0.3) is 0 Å². The highest BCUT2D eigenvalue weighted by atomic mass is 35.5. The third kappa shape index (κ3) is 3.76. The largest absolute Gasteiger partial charge is 0.494 e. The van der Waals surface area contributed by atoms with E-state index < -0.39 is 5.97 Å². The second-order valence-corrected chi connectivity index (χ2v) is 3.85. The quantitative estimate of drug-likeness (QED) is 0.532. The van der Waals surface area contributed by atoms with Gasteiger partial charge in [0, 0.05) is 0 Å². The topological polar surface area (TPSA) is 87.0 Å². The molecule has 0 atom stereocenters. The maximum atomic E-state index is 11.5. The summed E-state index contributed by atoms with van der Waals surface area (Å²) < 4.78 is 15.0. The number of rotatable bonds is 4.